The van der Waals surface area contributed by atoms with E-state index in [0.717, 1.165) is 24.8 Å². The highest BCUT2D eigenvalue weighted by Crippen LogP contribution is 2.36. The molecule has 1 aliphatic heterocycles. The third-order valence-electron chi connectivity index (χ3n) is 4.37. The summed E-state index contributed by atoms with van der Waals surface area (Å²) in [6.45, 7) is 4.33. The summed E-state index contributed by atoms with van der Waals surface area (Å²) in [7, 11) is 0. The molecular weight excluding hydrogens is 210 g/mol. The first-order valence-corrected chi connectivity index (χ1v) is 6.67. The number of anilines is 1. The Balaban J connectivity index is 1.76. The zero-order valence-corrected chi connectivity index (χ0v) is 10.5. The third-order valence-corrected chi connectivity index (χ3v) is 4.37. The van der Waals surface area contributed by atoms with Gasteiger partial charge in [0.25, 0.3) is 0 Å². The highest BCUT2D eigenvalue weighted by atomic mass is 15.2. The van der Waals surface area contributed by atoms with Gasteiger partial charge in [-0.05, 0) is 43.2 Å². The van der Waals surface area contributed by atoms with Crippen LogP contribution in [-0.4, -0.2) is 24.1 Å². The van der Waals surface area contributed by atoms with Crippen LogP contribution in [0.15, 0.2) is 18.3 Å². The number of nitrogens with zero attached hydrogens (tertiary/aromatic N) is 2. The smallest absolute Gasteiger partial charge is 0.128 e. The predicted octanol–water partition coefficient (Wildman–Crippen LogP) is 1.95. The van der Waals surface area contributed by atoms with Gasteiger partial charge in [0.15, 0.2) is 0 Å². The Hall–Kier alpha value is -1.09. The molecule has 0 amide bonds. The topological polar surface area (TPSA) is 42.1 Å². The molecule has 17 heavy (non-hydrogen) atoms. The van der Waals surface area contributed by atoms with Gasteiger partial charge in [0.2, 0.25) is 0 Å². The quantitative estimate of drug-likeness (QED) is 0.803. The molecule has 1 aromatic rings. The van der Waals surface area contributed by atoms with Crippen LogP contribution in [0.25, 0.3) is 0 Å². The summed E-state index contributed by atoms with van der Waals surface area (Å²) in [6.07, 6.45) is 5.81. The molecule has 0 bridgehead atoms. The summed E-state index contributed by atoms with van der Waals surface area (Å²) in [4.78, 5) is 6.94. The first-order chi connectivity index (χ1) is 8.24. The molecule has 92 valence electrons. The molecule has 0 aromatic carbocycles. The van der Waals surface area contributed by atoms with Crippen LogP contribution in [0.3, 0.4) is 0 Å². The molecular formula is C14H21N3. The number of aromatic nitrogens is 1. The zero-order valence-electron chi connectivity index (χ0n) is 10.5. The number of aryl methyl sites for hydroxylation is 1. The Kier molecular flexibility index (Phi) is 2.79. The standard InChI is InChI=1S/C14H21N3/c1-10-5-6-14(16-7-10)17-8-11-3-2-4-13(15)12(11)9-17/h5-7,11-13H,2-4,8-9,15H2,1H3. The third kappa shape index (κ3) is 2.04. The highest BCUT2D eigenvalue weighted by Gasteiger charge is 2.38. The first kappa shape index (κ1) is 11.0. The summed E-state index contributed by atoms with van der Waals surface area (Å²) in [5.41, 5.74) is 7.46. The fourth-order valence-corrected chi connectivity index (χ4v) is 3.35. The average Bonchev–Trinajstić information content (AvgIpc) is 2.75. The fraction of sp³-hybridized carbons (Fsp3) is 0.643. The minimum atomic E-state index is 0.407. The van der Waals surface area contributed by atoms with E-state index in [-0.39, 0.29) is 0 Å². The number of hydrogen-bond acceptors (Lipinski definition) is 3. The molecule has 0 radical (unpaired) electrons. The summed E-state index contributed by atoms with van der Waals surface area (Å²) in [6, 6.07) is 4.69. The van der Waals surface area contributed by atoms with Gasteiger partial charge < -0.3 is 10.6 Å². The molecule has 0 spiro atoms. The van der Waals surface area contributed by atoms with Gasteiger partial charge in [0.1, 0.15) is 5.82 Å². The van der Waals surface area contributed by atoms with Gasteiger partial charge in [0, 0.05) is 25.3 Å². The predicted molar refractivity (Wildman–Crippen MR) is 70.0 cm³/mol. The van der Waals surface area contributed by atoms with E-state index in [9.17, 15) is 0 Å². The Morgan fingerprint density at radius 3 is 2.88 bits per heavy atom. The number of rotatable bonds is 1. The van der Waals surface area contributed by atoms with Crippen LogP contribution < -0.4 is 10.6 Å². The lowest BCUT2D eigenvalue weighted by atomic mass is 9.78. The zero-order chi connectivity index (χ0) is 11.8. The maximum atomic E-state index is 6.24. The van der Waals surface area contributed by atoms with Crippen molar-refractivity contribution >= 4 is 5.82 Å². The summed E-state index contributed by atoms with van der Waals surface area (Å²) in [5, 5.41) is 0. The molecule has 3 rings (SSSR count). The number of nitrogens with two attached hydrogens (primary N) is 1. The summed E-state index contributed by atoms with van der Waals surface area (Å²) >= 11 is 0. The molecule has 2 fully saturated rings. The Morgan fingerprint density at radius 1 is 1.29 bits per heavy atom. The van der Waals surface area contributed by atoms with Crippen molar-refractivity contribution in [2.45, 2.75) is 32.2 Å². The monoisotopic (exact) mass is 231 g/mol. The van der Waals surface area contributed by atoms with E-state index in [4.69, 9.17) is 5.73 Å². The summed E-state index contributed by atoms with van der Waals surface area (Å²) in [5.74, 6) is 2.60. The van der Waals surface area contributed by atoms with E-state index < -0.39 is 0 Å². The van der Waals surface area contributed by atoms with Crippen molar-refractivity contribution in [1.29, 1.82) is 0 Å². The molecule has 2 aliphatic rings. The SMILES string of the molecule is Cc1ccc(N2CC3CCCC(N)C3C2)nc1. The van der Waals surface area contributed by atoms with Gasteiger partial charge in [-0.25, -0.2) is 4.98 Å². The molecule has 1 saturated heterocycles. The van der Waals surface area contributed by atoms with Crippen LogP contribution in [0.4, 0.5) is 5.82 Å². The van der Waals surface area contributed by atoms with Gasteiger partial charge in [-0.2, -0.15) is 0 Å². The second kappa shape index (κ2) is 4.30. The Bertz CT molecular complexity index is 387. The van der Waals surface area contributed by atoms with Gasteiger partial charge in [0.05, 0.1) is 0 Å². The van der Waals surface area contributed by atoms with Crippen molar-refractivity contribution in [3.05, 3.63) is 23.9 Å². The van der Waals surface area contributed by atoms with Crippen molar-refractivity contribution in [3.8, 4) is 0 Å². The number of fused-ring (bicyclic) bond motifs is 1. The first-order valence-electron chi connectivity index (χ1n) is 6.67. The lowest BCUT2D eigenvalue weighted by Crippen LogP contribution is -2.38. The maximum Gasteiger partial charge on any atom is 0.128 e. The van der Waals surface area contributed by atoms with E-state index in [2.05, 4.69) is 28.9 Å². The molecule has 1 aliphatic carbocycles. The van der Waals surface area contributed by atoms with E-state index >= 15 is 0 Å². The van der Waals surface area contributed by atoms with Crippen molar-refractivity contribution in [1.82, 2.24) is 4.98 Å². The van der Waals surface area contributed by atoms with Crippen molar-refractivity contribution in [2.24, 2.45) is 17.6 Å². The molecule has 3 nitrogen and oxygen atoms in total. The molecule has 3 unspecified atom stereocenters. The molecule has 2 N–H and O–H groups in total. The van der Waals surface area contributed by atoms with Crippen LogP contribution in [0.1, 0.15) is 24.8 Å². The van der Waals surface area contributed by atoms with E-state index in [1.165, 1.54) is 24.8 Å². The second-order valence-corrected chi connectivity index (χ2v) is 5.62. The van der Waals surface area contributed by atoms with Gasteiger partial charge in [-0.15, -0.1) is 0 Å². The van der Waals surface area contributed by atoms with E-state index in [1.807, 2.05) is 6.20 Å². The second-order valence-electron chi connectivity index (χ2n) is 5.62. The lowest BCUT2D eigenvalue weighted by Gasteiger charge is -2.29. The van der Waals surface area contributed by atoms with Crippen LogP contribution in [0.5, 0.6) is 0 Å². The van der Waals surface area contributed by atoms with Gasteiger partial charge in [-0.1, -0.05) is 12.5 Å². The number of pyridine rings is 1. The minimum absolute atomic E-state index is 0.407. The lowest BCUT2D eigenvalue weighted by molar-refractivity contribution is 0.260. The Labute approximate surface area is 103 Å². The van der Waals surface area contributed by atoms with Crippen LogP contribution in [-0.2, 0) is 0 Å². The normalized spacial score (nSPS) is 32.6. The molecule has 3 heteroatoms. The van der Waals surface area contributed by atoms with Crippen molar-refractivity contribution in [2.75, 3.05) is 18.0 Å². The van der Waals surface area contributed by atoms with Crippen LogP contribution >= 0.6 is 0 Å². The van der Waals surface area contributed by atoms with Gasteiger partial charge in [-0.3, -0.25) is 0 Å². The largest absolute Gasteiger partial charge is 0.356 e. The molecule has 2 heterocycles. The molecule has 1 saturated carbocycles. The average molecular weight is 231 g/mol. The molecule has 1 aromatic heterocycles. The van der Waals surface area contributed by atoms with Crippen LogP contribution in [0, 0.1) is 18.8 Å². The fourth-order valence-electron chi connectivity index (χ4n) is 3.35. The summed E-state index contributed by atoms with van der Waals surface area (Å²) < 4.78 is 0. The van der Waals surface area contributed by atoms with Crippen molar-refractivity contribution < 1.29 is 0 Å². The maximum absolute atomic E-state index is 6.24. The van der Waals surface area contributed by atoms with Crippen molar-refractivity contribution in [3.63, 3.8) is 0 Å². The van der Waals surface area contributed by atoms with E-state index in [1.54, 1.807) is 0 Å². The highest BCUT2D eigenvalue weighted by molar-refractivity contribution is 5.41. The van der Waals surface area contributed by atoms with Crippen LogP contribution in [0.2, 0.25) is 0 Å². The minimum Gasteiger partial charge on any atom is -0.356 e. The van der Waals surface area contributed by atoms with Gasteiger partial charge >= 0.3 is 0 Å². The Morgan fingerprint density at radius 2 is 2.18 bits per heavy atom. The van der Waals surface area contributed by atoms with E-state index in [0.29, 0.717) is 12.0 Å². The number of hydrogen-bond donors (Lipinski definition) is 1. The molecule has 3 atom stereocenters.